The molecule has 0 heterocycles. The Labute approximate surface area is 70.6 Å². The Bertz CT molecular complexity index is 299. The highest BCUT2D eigenvalue weighted by Crippen LogP contribution is 2.16. The lowest BCUT2D eigenvalue weighted by Crippen LogP contribution is -1.85. The summed E-state index contributed by atoms with van der Waals surface area (Å²) in [5, 5.41) is 9.33. The van der Waals surface area contributed by atoms with Gasteiger partial charge in [0.15, 0.2) is 0 Å². The third kappa shape index (κ3) is 1.74. The predicted octanol–water partition coefficient (Wildman–Crippen LogP) is 1.81. The van der Waals surface area contributed by atoms with Crippen LogP contribution in [0.15, 0.2) is 18.2 Å². The standard InChI is InChI=1S/C9H7ClO/c1-2-7-3-4-9(10)8(5-7)6-11/h1,3-5,11H,6H2. The smallest absolute Gasteiger partial charge is 0.0696 e. The fraction of sp³-hybridized carbons (Fsp3) is 0.111. The molecule has 0 saturated carbocycles. The van der Waals surface area contributed by atoms with Gasteiger partial charge < -0.3 is 5.11 Å². The molecule has 0 unspecified atom stereocenters. The maximum absolute atomic E-state index is 8.79. The van der Waals surface area contributed by atoms with Crippen molar-refractivity contribution >= 4 is 11.6 Å². The van der Waals surface area contributed by atoms with Crippen LogP contribution < -0.4 is 0 Å². The number of aliphatic hydroxyl groups excluding tert-OH is 1. The molecule has 0 aromatic heterocycles. The van der Waals surface area contributed by atoms with Gasteiger partial charge in [-0.3, -0.25) is 0 Å². The molecule has 0 aliphatic rings. The van der Waals surface area contributed by atoms with Gasteiger partial charge in [-0.2, -0.15) is 0 Å². The van der Waals surface area contributed by atoms with Crippen molar-refractivity contribution in [3.63, 3.8) is 0 Å². The number of aliphatic hydroxyl groups is 1. The lowest BCUT2D eigenvalue weighted by atomic mass is 10.1. The normalized spacial score (nSPS) is 9.18. The van der Waals surface area contributed by atoms with Crippen LogP contribution in [0, 0.1) is 12.3 Å². The summed E-state index contributed by atoms with van der Waals surface area (Å²) < 4.78 is 0. The van der Waals surface area contributed by atoms with Crippen LogP contribution in [0.5, 0.6) is 0 Å². The monoisotopic (exact) mass is 166 g/mol. The average Bonchev–Trinajstić information content (AvgIpc) is 2.05. The van der Waals surface area contributed by atoms with Crippen LogP contribution in [0.25, 0.3) is 0 Å². The summed E-state index contributed by atoms with van der Waals surface area (Å²) in [5.41, 5.74) is 1.40. The average molecular weight is 167 g/mol. The van der Waals surface area contributed by atoms with Crippen molar-refractivity contribution in [3.8, 4) is 12.3 Å². The Morgan fingerprint density at radius 2 is 2.27 bits per heavy atom. The molecule has 1 rings (SSSR count). The van der Waals surface area contributed by atoms with Gasteiger partial charge in [0.1, 0.15) is 0 Å². The third-order valence-electron chi connectivity index (χ3n) is 1.38. The van der Waals surface area contributed by atoms with Crippen molar-refractivity contribution in [3.05, 3.63) is 34.3 Å². The number of halogens is 1. The van der Waals surface area contributed by atoms with E-state index in [-0.39, 0.29) is 6.61 Å². The summed E-state index contributed by atoms with van der Waals surface area (Å²) in [6.45, 7) is -0.0750. The van der Waals surface area contributed by atoms with Crippen LogP contribution >= 0.6 is 11.6 Å². The van der Waals surface area contributed by atoms with Crippen molar-refractivity contribution in [2.75, 3.05) is 0 Å². The molecule has 0 aliphatic heterocycles. The van der Waals surface area contributed by atoms with Crippen molar-refractivity contribution in [2.24, 2.45) is 0 Å². The minimum atomic E-state index is -0.0750. The van der Waals surface area contributed by atoms with Crippen LogP contribution in [0.2, 0.25) is 5.02 Å². The largest absolute Gasteiger partial charge is 0.392 e. The molecule has 0 radical (unpaired) electrons. The highest BCUT2D eigenvalue weighted by molar-refractivity contribution is 6.31. The third-order valence-corrected chi connectivity index (χ3v) is 1.75. The molecule has 2 heteroatoms. The lowest BCUT2D eigenvalue weighted by molar-refractivity contribution is 0.282. The predicted molar refractivity (Wildman–Crippen MR) is 45.3 cm³/mol. The minimum Gasteiger partial charge on any atom is -0.392 e. The number of hydrogen-bond donors (Lipinski definition) is 1. The van der Waals surface area contributed by atoms with E-state index >= 15 is 0 Å². The van der Waals surface area contributed by atoms with Crippen LogP contribution in [0.3, 0.4) is 0 Å². The zero-order valence-corrected chi connectivity index (χ0v) is 6.60. The van der Waals surface area contributed by atoms with E-state index in [0.717, 1.165) is 5.56 Å². The zero-order chi connectivity index (χ0) is 8.27. The molecule has 56 valence electrons. The second kappa shape index (κ2) is 3.43. The van der Waals surface area contributed by atoms with E-state index < -0.39 is 0 Å². The maximum Gasteiger partial charge on any atom is 0.0696 e. The molecule has 1 nitrogen and oxygen atoms in total. The minimum absolute atomic E-state index is 0.0750. The van der Waals surface area contributed by atoms with E-state index in [2.05, 4.69) is 5.92 Å². The molecule has 0 saturated heterocycles. The van der Waals surface area contributed by atoms with Crippen molar-refractivity contribution in [1.29, 1.82) is 0 Å². The molecule has 1 aromatic carbocycles. The van der Waals surface area contributed by atoms with Crippen LogP contribution in [0.4, 0.5) is 0 Å². The first-order valence-electron chi connectivity index (χ1n) is 3.14. The second-order valence-electron chi connectivity index (χ2n) is 2.11. The Balaban J connectivity index is 3.15. The first-order chi connectivity index (χ1) is 5.27. The molecule has 0 fully saturated rings. The first kappa shape index (κ1) is 8.13. The lowest BCUT2D eigenvalue weighted by Gasteiger charge is -1.99. The summed E-state index contributed by atoms with van der Waals surface area (Å²) in [6, 6.07) is 5.12. The fourth-order valence-corrected chi connectivity index (χ4v) is 0.963. The van der Waals surface area contributed by atoms with E-state index in [1.165, 1.54) is 0 Å². The van der Waals surface area contributed by atoms with E-state index in [1.54, 1.807) is 18.2 Å². The summed E-state index contributed by atoms with van der Waals surface area (Å²) in [7, 11) is 0. The van der Waals surface area contributed by atoms with Gasteiger partial charge in [0.25, 0.3) is 0 Å². The van der Waals surface area contributed by atoms with Crippen LogP contribution in [-0.2, 0) is 6.61 Å². The second-order valence-corrected chi connectivity index (χ2v) is 2.52. The number of terminal acetylenes is 1. The molecule has 0 spiro atoms. The summed E-state index contributed by atoms with van der Waals surface area (Å²) in [4.78, 5) is 0. The molecule has 11 heavy (non-hydrogen) atoms. The van der Waals surface area contributed by atoms with Crippen molar-refractivity contribution in [1.82, 2.24) is 0 Å². The molecule has 0 atom stereocenters. The van der Waals surface area contributed by atoms with E-state index in [9.17, 15) is 0 Å². The quantitative estimate of drug-likeness (QED) is 0.631. The number of rotatable bonds is 1. The van der Waals surface area contributed by atoms with Crippen LogP contribution in [0.1, 0.15) is 11.1 Å². The molecule has 0 bridgehead atoms. The van der Waals surface area contributed by atoms with E-state index in [1.807, 2.05) is 0 Å². The van der Waals surface area contributed by atoms with Gasteiger partial charge in [-0.1, -0.05) is 17.5 Å². The topological polar surface area (TPSA) is 20.2 Å². The zero-order valence-electron chi connectivity index (χ0n) is 5.84. The maximum atomic E-state index is 8.79. The fourth-order valence-electron chi connectivity index (χ4n) is 0.786. The van der Waals surface area contributed by atoms with Gasteiger partial charge in [0, 0.05) is 10.6 Å². The Morgan fingerprint density at radius 1 is 1.55 bits per heavy atom. The Hall–Kier alpha value is -0.970. The van der Waals surface area contributed by atoms with Gasteiger partial charge in [0.05, 0.1) is 6.61 Å². The molecule has 1 N–H and O–H groups in total. The Morgan fingerprint density at radius 3 is 2.82 bits per heavy atom. The SMILES string of the molecule is C#Cc1ccc(Cl)c(CO)c1. The highest BCUT2D eigenvalue weighted by Gasteiger charge is 1.97. The number of benzene rings is 1. The van der Waals surface area contributed by atoms with Crippen molar-refractivity contribution < 1.29 is 5.11 Å². The van der Waals surface area contributed by atoms with Crippen LogP contribution in [-0.4, -0.2) is 5.11 Å². The van der Waals surface area contributed by atoms with Crippen molar-refractivity contribution in [2.45, 2.75) is 6.61 Å². The van der Waals surface area contributed by atoms with E-state index in [4.69, 9.17) is 23.1 Å². The molecule has 1 aromatic rings. The highest BCUT2D eigenvalue weighted by atomic mass is 35.5. The number of hydrogen-bond acceptors (Lipinski definition) is 1. The molecular weight excluding hydrogens is 160 g/mol. The van der Waals surface area contributed by atoms with Gasteiger partial charge in [-0.05, 0) is 23.8 Å². The van der Waals surface area contributed by atoms with Gasteiger partial charge >= 0.3 is 0 Å². The first-order valence-corrected chi connectivity index (χ1v) is 3.51. The Kier molecular flexibility index (Phi) is 2.53. The molecular formula is C9H7ClO. The van der Waals surface area contributed by atoms with Gasteiger partial charge in [0.2, 0.25) is 0 Å². The van der Waals surface area contributed by atoms with Gasteiger partial charge in [-0.15, -0.1) is 6.42 Å². The molecule has 0 amide bonds. The van der Waals surface area contributed by atoms with E-state index in [0.29, 0.717) is 10.6 Å². The summed E-state index contributed by atoms with van der Waals surface area (Å²) in [6.07, 6.45) is 5.15. The van der Waals surface area contributed by atoms with Gasteiger partial charge in [-0.25, -0.2) is 0 Å². The molecule has 0 aliphatic carbocycles. The summed E-state index contributed by atoms with van der Waals surface area (Å²) in [5.74, 6) is 2.46. The summed E-state index contributed by atoms with van der Waals surface area (Å²) >= 11 is 5.72.